The van der Waals surface area contributed by atoms with Gasteiger partial charge in [0.15, 0.2) is 0 Å². The average Bonchev–Trinajstić information content (AvgIpc) is 2.28. The van der Waals surface area contributed by atoms with Gasteiger partial charge in [-0.1, -0.05) is 6.07 Å². The van der Waals surface area contributed by atoms with Crippen molar-refractivity contribution in [2.24, 2.45) is 5.73 Å². The van der Waals surface area contributed by atoms with Crippen molar-refractivity contribution in [1.82, 2.24) is 9.97 Å². The normalized spacial score (nSPS) is 10.6. The fourth-order valence-corrected chi connectivity index (χ4v) is 1.57. The highest BCUT2D eigenvalue weighted by Crippen LogP contribution is 2.30. The van der Waals surface area contributed by atoms with Gasteiger partial charge in [-0.15, -0.1) is 0 Å². The summed E-state index contributed by atoms with van der Waals surface area (Å²) in [5.41, 5.74) is 6.12. The summed E-state index contributed by atoms with van der Waals surface area (Å²) < 4.78 is 5.14. The summed E-state index contributed by atoms with van der Waals surface area (Å²) in [7, 11) is 1.51. The third kappa shape index (κ3) is 1.77. The van der Waals surface area contributed by atoms with E-state index in [2.05, 4.69) is 9.97 Å². The van der Waals surface area contributed by atoms with E-state index in [1.807, 2.05) is 0 Å². The molecule has 2 aromatic rings. The summed E-state index contributed by atoms with van der Waals surface area (Å²) in [6, 6.07) is 5.12. The Morgan fingerprint density at radius 2 is 2.19 bits per heavy atom. The quantitative estimate of drug-likeness (QED) is 0.799. The number of nitrogens with two attached hydrogens (primary N) is 1. The topological polar surface area (TPSA) is 81.3 Å². The zero-order valence-electron chi connectivity index (χ0n) is 8.97. The van der Waals surface area contributed by atoms with E-state index in [9.17, 15) is 5.11 Å². The van der Waals surface area contributed by atoms with Gasteiger partial charge in [0.05, 0.1) is 12.6 Å². The molecule has 0 atom stereocenters. The molecular weight excluding hydrogens is 206 g/mol. The van der Waals surface area contributed by atoms with E-state index in [0.29, 0.717) is 35.6 Å². The number of hydrogen-bond acceptors (Lipinski definition) is 5. The number of phenols is 1. The van der Waals surface area contributed by atoms with Gasteiger partial charge in [-0.25, -0.2) is 4.98 Å². The maximum Gasteiger partial charge on any atom is 0.228 e. The van der Waals surface area contributed by atoms with Gasteiger partial charge in [-0.2, -0.15) is 4.98 Å². The van der Waals surface area contributed by atoms with Crippen LogP contribution in [0.25, 0.3) is 10.9 Å². The third-order valence-corrected chi connectivity index (χ3v) is 2.28. The van der Waals surface area contributed by atoms with Gasteiger partial charge < -0.3 is 15.6 Å². The Labute approximate surface area is 92.9 Å². The number of rotatable bonds is 3. The maximum atomic E-state index is 9.72. The van der Waals surface area contributed by atoms with Gasteiger partial charge in [0.2, 0.25) is 5.88 Å². The average molecular weight is 219 g/mol. The molecule has 1 heterocycles. The van der Waals surface area contributed by atoms with Gasteiger partial charge in [-0.05, 0) is 18.7 Å². The molecule has 1 aromatic carbocycles. The molecule has 1 aromatic heterocycles. The molecule has 0 spiro atoms. The van der Waals surface area contributed by atoms with Gasteiger partial charge in [0.1, 0.15) is 17.0 Å². The van der Waals surface area contributed by atoms with Gasteiger partial charge in [0.25, 0.3) is 0 Å². The van der Waals surface area contributed by atoms with E-state index in [4.69, 9.17) is 10.5 Å². The molecule has 0 bridgehead atoms. The van der Waals surface area contributed by atoms with E-state index in [0.717, 1.165) is 0 Å². The molecule has 0 aliphatic carbocycles. The Morgan fingerprint density at radius 3 is 2.88 bits per heavy atom. The maximum absolute atomic E-state index is 9.72. The number of aromatic hydroxyl groups is 1. The number of fused-ring (bicyclic) bond motifs is 1. The lowest BCUT2D eigenvalue weighted by molar-refractivity contribution is 0.397. The predicted molar refractivity (Wildman–Crippen MR) is 60.5 cm³/mol. The highest BCUT2D eigenvalue weighted by atomic mass is 16.5. The summed E-state index contributed by atoms with van der Waals surface area (Å²) in [5.74, 6) is 1.12. The van der Waals surface area contributed by atoms with Crippen LogP contribution in [0.1, 0.15) is 5.82 Å². The molecule has 0 fully saturated rings. The van der Waals surface area contributed by atoms with Crippen LogP contribution in [0.4, 0.5) is 0 Å². The summed E-state index contributed by atoms with van der Waals surface area (Å²) in [6.07, 6.45) is 0.585. The van der Waals surface area contributed by atoms with E-state index in [-0.39, 0.29) is 5.75 Å². The molecule has 2 rings (SSSR count). The predicted octanol–water partition coefficient (Wildman–Crippen LogP) is 0.845. The zero-order valence-corrected chi connectivity index (χ0v) is 8.97. The number of hydrogen-bond donors (Lipinski definition) is 2. The molecule has 0 radical (unpaired) electrons. The molecule has 0 saturated carbocycles. The van der Waals surface area contributed by atoms with Crippen molar-refractivity contribution in [2.75, 3.05) is 13.7 Å². The van der Waals surface area contributed by atoms with Crippen molar-refractivity contribution < 1.29 is 9.84 Å². The van der Waals surface area contributed by atoms with Crippen molar-refractivity contribution in [3.8, 4) is 11.6 Å². The van der Waals surface area contributed by atoms with E-state index in [1.165, 1.54) is 7.11 Å². The molecule has 0 aliphatic rings. The standard InChI is InChI=1S/C11H13N3O2/c1-16-11-10-7(3-2-4-8(10)15)13-9(14-11)5-6-12/h2-4,15H,5-6,12H2,1H3. The fourth-order valence-electron chi connectivity index (χ4n) is 1.57. The molecule has 84 valence electrons. The van der Waals surface area contributed by atoms with Crippen molar-refractivity contribution in [3.05, 3.63) is 24.0 Å². The van der Waals surface area contributed by atoms with Crippen molar-refractivity contribution >= 4 is 10.9 Å². The van der Waals surface area contributed by atoms with Crippen LogP contribution in [0.2, 0.25) is 0 Å². The van der Waals surface area contributed by atoms with Gasteiger partial charge >= 0.3 is 0 Å². The first-order valence-corrected chi connectivity index (χ1v) is 4.99. The van der Waals surface area contributed by atoms with Crippen LogP contribution in [0.15, 0.2) is 18.2 Å². The van der Waals surface area contributed by atoms with Crippen LogP contribution >= 0.6 is 0 Å². The minimum atomic E-state index is 0.119. The summed E-state index contributed by atoms with van der Waals surface area (Å²) in [6.45, 7) is 0.480. The minimum Gasteiger partial charge on any atom is -0.507 e. The summed E-state index contributed by atoms with van der Waals surface area (Å²) >= 11 is 0. The molecule has 5 nitrogen and oxygen atoms in total. The highest BCUT2D eigenvalue weighted by molar-refractivity contribution is 5.89. The number of ether oxygens (including phenoxy) is 1. The summed E-state index contributed by atoms with van der Waals surface area (Å²) in [4.78, 5) is 8.50. The van der Waals surface area contributed by atoms with Crippen LogP contribution in [0.3, 0.4) is 0 Å². The second-order valence-corrected chi connectivity index (χ2v) is 3.36. The van der Waals surface area contributed by atoms with Crippen LogP contribution < -0.4 is 10.5 Å². The molecular formula is C11H13N3O2. The lowest BCUT2D eigenvalue weighted by Crippen LogP contribution is -2.07. The Bertz CT molecular complexity index is 514. The molecule has 0 aliphatic heterocycles. The van der Waals surface area contributed by atoms with Gasteiger partial charge in [-0.3, -0.25) is 0 Å². The van der Waals surface area contributed by atoms with Crippen molar-refractivity contribution in [1.29, 1.82) is 0 Å². The Balaban J connectivity index is 2.68. The SMILES string of the molecule is COc1nc(CCN)nc2cccc(O)c12. The van der Waals surface area contributed by atoms with E-state index in [1.54, 1.807) is 18.2 Å². The van der Waals surface area contributed by atoms with E-state index >= 15 is 0 Å². The van der Waals surface area contributed by atoms with Crippen molar-refractivity contribution in [3.63, 3.8) is 0 Å². The fraction of sp³-hybridized carbons (Fsp3) is 0.273. The lowest BCUT2D eigenvalue weighted by Gasteiger charge is -2.07. The number of methoxy groups -OCH3 is 1. The smallest absolute Gasteiger partial charge is 0.228 e. The Kier molecular flexibility index (Phi) is 2.87. The molecule has 0 unspecified atom stereocenters. The first-order chi connectivity index (χ1) is 7.76. The zero-order chi connectivity index (χ0) is 11.5. The van der Waals surface area contributed by atoms with Gasteiger partial charge in [0, 0.05) is 6.42 Å². The second kappa shape index (κ2) is 4.32. The molecule has 3 N–H and O–H groups in total. The third-order valence-electron chi connectivity index (χ3n) is 2.28. The molecule has 16 heavy (non-hydrogen) atoms. The van der Waals surface area contributed by atoms with Crippen LogP contribution in [-0.2, 0) is 6.42 Å². The number of phenolic OH excluding ortho intramolecular Hbond substituents is 1. The first-order valence-electron chi connectivity index (χ1n) is 4.99. The van der Waals surface area contributed by atoms with Crippen LogP contribution in [0.5, 0.6) is 11.6 Å². The van der Waals surface area contributed by atoms with Crippen LogP contribution in [-0.4, -0.2) is 28.7 Å². The minimum absolute atomic E-state index is 0.119. The number of benzene rings is 1. The summed E-state index contributed by atoms with van der Waals surface area (Å²) in [5, 5.41) is 10.3. The largest absolute Gasteiger partial charge is 0.507 e. The number of aromatic nitrogens is 2. The van der Waals surface area contributed by atoms with E-state index < -0.39 is 0 Å². The van der Waals surface area contributed by atoms with Crippen molar-refractivity contribution in [2.45, 2.75) is 6.42 Å². The highest BCUT2D eigenvalue weighted by Gasteiger charge is 2.11. The van der Waals surface area contributed by atoms with Crippen LogP contribution in [0, 0.1) is 0 Å². The number of nitrogens with zero attached hydrogens (tertiary/aromatic N) is 2. The lowest BCUT2D eigenvalue weighted by atomic mass is 10.2. The first kappa shape index (κ1) is 10.6. The second-order valence-electron chi connectivity index (χ2n) is 3.36. The molecule has 0 amide bonds. The Hall–Kier alpha value is -1.88. The molecule has 0 saturated heterocycles. The molecule has 5 heteroatoms. The Morgan fingerprint density at radius 1 is 1.38 bits per heavy atom. The monoisotopic (exact) mass is 219 g/mol.